The second-order valence-electron chi connectivity index (χ2n) is 2.47. The summed E-state index contributed by atoms with van der Waals surface area (Å²) in [5.74, 6) is 0. The highest BCUT2D eigenvalue weighted by Crippen LogP contribution is 2.10. The average Bonchev–Trinajstić information content (AvgIpc) is 2.24. The lowest BCUT2D eigenvalue weighted by molar-refractivity contribution is 0.699. The Hall–Kier alpha value is -0.570. The van der Waals surface area contributed by atoms with Crippen LogP contribution in [0.15, 0.2) is 4.79 Å². The molecule has 0 bridgehead atoms. The van der Waals surface area contributed by atoms with E-state index in [1.165, 1.54) is 21.9 Å². The molecule has 1 heterocycles. The number of nitrogens with zero attached hydrogens (tertiary/aromatic N) is 1. The Labute approximate surface area is 70.5 Å². The molecule has 0 saturated heterocycles. The Balaban J connectivity index is 3.29. The van der Waals surface area contributed by atoms with Gasteiger partial charge in [-0.3, -0.25) is 4.79 Å². The molecule has 0 aliphatic rings. The fourth-order valence-corrected chi connectivity index (χ4v) is 2.29. The van der Waals surface area contributed by atoms with Gasteiger partial charge in [-0.25, -0.2) is 0 Å². The zero-order valence-corrected chi connectivity index (χ0v) is 7.99. The van der Waals surface area contributed by atoms with Gasteiger partial charge in [0, 0.05) is 17.1 Å². The standard InChI is InChI=1S/C8H13NOS/c1-4-7-6(3)11-8(10)9(7)5-2/h4-5H2,1-3H3. The van der Waals surface area contributed by atoms with E-state index in [1.54, 1.807) is 0 Å². The normalized spacial score (nSPS) is 10.5. The Morgan fingerprint density at radius 3 is 2.45 bits per heavy atom. The van der Waals surface area contributed by atoms with Crippen molar-refractivity contribution in [3.8, 4) is 0 Å². The summed E-state index contributed by atoms with van der Waals surface area (Å²) >= 11 is 1.35. The molecule has 0 radical (unpaired) electrons. The zero-order chi connectivity index (χ0) is 8.43. The van der Waals surface area contributed by atoms with Crippen LogP contribution in [-0.2, 0) is 13.0 Å². The number of aromatic nitrogens is 1. The van der Waals surface area contributed by atoms with E-state index in [2.05, 4.69) is 6.92 Å². The van der Waals surface area contributed by atoms with Gasteiger partial charge in [0.05, 0.1) is 0 Å². The summed E-state index contributed by atoms with van der Waals surface area (Å²) in [5.41, 5.74) is 1.20. The Bertz CT molecular complexity index is 298. The van der Waals surface area contributed by atoms with Crippen LogP contribution < -0.4 is 4.87 Å². The van der Waals surface area contributed by atoms with Crippen LogP contribution in [0.2, 0.25) is 0 Å². The van der Waals surface area contributed by atoms with Gasteiger partial charge in [0.15, 0.2) is 0 Å². The van der Waals surface area contributed by atoms with Crippen molar-refractivity contribution < 1.29 is 0 Å². The van der Waals surface area contributed by atoms with E-state index >= 15 is 0 Å². The van der Waals surface area contributed by atoms with Crippen LogP contribution >= 0.6 is 11.3 Å². The number of rotatable bonds is 2. The minimum Gasteiger partial charge on any atom is -0.303 e. The van der Waals surface area contributed by atoms with Gasteiger partial charge in [-0.1, -0.05) is 18.3 Å². The average molecular weight is 171 g/mol. The summed E-state index contributed by atoms with van der Waals surface area (Å²) in [6.45, 7) is 6.90. The molecule has 0 fully saturated rings. The van der Waals surface area contributed by atoms with Crippen LogP contribution in [0.5, 0.6) is 0 Å². The van der Waals surface area contributed by atoms with Crippen LogP contribution in [0.1, 0.15) is 24.4 Å². The van der Waals surface area contributed by atoms with E-state index in [-0.39, 0.29) is 4.87 Å². The highest BCUT2D eigenvalue weighted by molar-refractivity contribution is 7.09. The van der Waals surface area contributed by atoms with E-state index in [9.17, 15) is 4.79 Å². The summed E-state index contributed by atoms with van der Waals surface area (Å²) in [5, 5.41) is 0. The number of aryl methyl sites for hydroxylation is 1. The SMILES string of the molecule is CCc1c(C)sc(=O)n1CC. The lowest BCUT2D eigenvalue weighted by atomic mass is 10.3. The molecule has 0 atom stereocenters. The van der Waals surface area contributed by atoms with Gasteiger partial charge in [0.1, 0.15) is 0 Å². The highest BCUT2D eigenvalue weighted by atomic mass is 32.1. The molecule has 0 amide bonds. The molecule has 0 N–H and O–H groups in total. The Morgan fingerprint density at radius 2 is 2.09 bits per heavy atom. The predicted octanol–water partition coefficient (Wildman–Crippen LogP) is 1.80. The van der Waals surface area contributed by atoms with Crippen molar-refractivity contribution in [3.05, 3.63) is 20.2 Å². The van der Waals surface area contributed by atoms with Crippen molar-refractivity contribution in [2.24, 2.45) is 0 Å². The summed E-state index contributed by atoms with van der Waals surface area (Å²) in [4.78, 5) is 12.6. The molecule has 0 aliphatic carbocycles. The zero-order valence-electron chi connectivity index (χ0n) is 7.18. The van der Waals surface area contributed by atoms with Gasteiger partial charge < -0.3 is 4.57 Å². The van der Waals surface area contributed by atoms with Gasteiger partial charge in [-0.15, -0.1) is 0 Å². The van der Waals surface area contributed by atoms with E-state index in [4.69, 9.17) is 0 Å². The van der Waals surface area contributed by atoms with E-state index in [0.717, 1.165) is 13.0 Å². The third kappa shape index (κ3) is 1.38. The quantitative estimate of drug-likeness (QED) is 0.665. The lowest BCUT2D eigenvalue weighted by Crippen LogP contribution is -2.13. The monoisotopic (exact) mass is 171 g/mol. The van der Waals surface area contributed by atoms with Crippen molar-refractivity contribution >= 4 is 11.3 Å². The van der Waals surface area contributed by atoms with Gasteiger partial charge in [-0.05, 0) is 20.3 Å². The smallest absolute Gasteiger partial charge is 0.303 e. The third-order valence-corrected chi connectivity index (χ3v) is 2.78. The fraction of sp³-hybridized carbons (Fsp3) is 0.625. The molecule has 1 rings (SSSR count). The molecule has 1 aromatic heterocycles. The summed E-state index contributed by atoms with van der Waals surface area (Å²) < 4.78 is 1.85. The number of hydrogen-bond donors (Lipinski definition) is 0. The van der Waals surface area contributed by atoms with Crippen molar-refractivity contribution in [1.29, 1.82) is 0 Å². The first kappa shape index (κ1) is 8.53. The largest absolute Gasteiger partial charge is 0.307 e. The lowest BCUT2D eigenvalue weighted by Gasteiger charge is -2.01. The van der Waals surface area contributed by atoms with E-state index < -0.39 is 0 Å². The van der Waals surface area contributed by atoms with E-state index in [1.807, 2.05) is 18.4 Å². The van der Waals surface area contributed by atoms with Crippen molar-refractivity contribution in [2.45, 2.75) is 33.7 Å². The maximum atomic E-state index is 11.2. The summed E-state index contributed by atoms with van der Waals surface area (Å²) in [6.07, 6.45) is 0.957. The molecule has 2 nitrogen and oxygen atoms in total. The topological polar surface area (TPSA) is 22.0 Å². The first-order valence-corrected chi connectivity index (χ1v) is 4.71. The molecule has 0 aromatic carbocycles. The number of hydrogen-bond acceptors (Lipinski definition) is 2. The van der Waals surface area contributed by atoms with Crippen LogP contribution in [0.25, 0.3) is 0 Å². The van der Waals surface area contributed by atoms with Gasteiger partial charge in [-0.2, -0.15) is 0 Å². The second-order valence-corrected chi connectivity index (χ2v) is 3.63. The molecule has 0 spiro atoms. The first-order chi connectivity index (χ1) is 5.20. The van der Waals surface area contributed by atoms with Gasteiger partial charge in [0.2, 0.25) is 0 Å². The second kappa shape index (κ2) is 3.22. The molecular formula is C8H13NOS. The molecule has 0 saturated carbocycles. The van der Waals surface area contributed by atoms with Crippen LogP contribution in [-0.4, -0.2) is 4.57 Å². The maximum Gasteiger partial charge on any atom is 0.307 e. The highest BCUT2D eigenvalue weighted by Gasteiger charge is 2.06. The Morgan fingerprint density at radius 1 is 1.45 bits per heavy atom. The molecule has 11 heavy (non-hydrogen) atoms. The minimum atomic E-state index is 0.182. The maximum absolute atomic E-state index is 11.2. The molecule has 1 aromatic rings. The molecule has 0 aliphatic heterocycles. The van der Waals surface area contributed by atoms with E-state index in [0.29, 0.717) is 0 Å². The summed E-state index contributed by atoms with van der Waals surface area (Å²) in [7, 11) is 0. The van der Waals surface area contributed by atoms with Gasteiger partial charge in [0.25, 0.3) is 0 Å². The summed E-state index contributed by atoms with van der Waals surface area (Å²) in [6, 6.07) is 0. The van der Waals surface area contributed by atoms with Gasteiger partial charge >= 0.3 is 4.87 Å². The third-order valence-electron chi connectivity index (χ3n) is 1.84. The molecular weight excluding hydrogens is 158 g/mol. The molecule has 3 heteroatoms. The minimum absolute atomic E-state index is 0.182. The van der Waals surface area contributed by atoms with Crippen LogP contribution in [0.3, 0.4) is 0 Å². The predicted molar refractivity (Wildman–Crippen MR) is 48.4 cm³/mol. The van der Waals surface area contributed by atoms with Crippen LogP contribution in [0.4, 0.5) is 0 Å². The van der Waals surface area contributed by atoms with Crippen LogP contribution in [0, 0.1) is 6.92 Å². The fourth-order valence-electron chi connectivity index (χ4n) is 1.30. The van der Waals surface area contributed by atoms with Crippen molar-refractivity contribution in [2.75, 3.05) is 0 Å². The molecule has 62 valence electrons. The molecule has 0 unspecified atom stereocenters. The number of thiazole rings is 1. The van der Waals surface area contributed by atoms with Crippen molar-refractivity contribution in [3.63, 3.8) is 0 Å². The van der Waals surface area contributed by atoms with Crippen molar-refractivity contribution in [1.82, 2.24) is 4.57 Å². The Kier molecular flexibility index (Phi) is 2.49. The first-order valence-electron chi connectivity index (χ1n) is 3.89.